The summed E-state index contributed by atoms with van der Waals surface area (Å²) in [4.78, 5) is 4.94. The first-order chi connectivity index (χ1) is 7.18. The molecule has 0 atom stereocenters. The molecule has 1 aromatic rings. The van der Waals surface area contributed by atoms with Gasteiger partial charge in [-0.25, -0.2) is 4.98 Å². The largest absolute Gasteiger partial charge is 0.227 e. The highest BCUT2D eigenvalue weighted by atomic mass is 32.1. The van der Waals surface area contributed by atoms with Gasteiger partial charge in [-0.3, -0.25) is 0 Å². The highest BCUT2D eigenvalue weighted by Gasteiger charge is 2.22. The molecule has 1 aliphatic rings. The number of hydrogen-bond acceptors (Lipinski definition) is 2. The summed E-state index contributed by atoms with van der Waals surface area (Å²) in [7, 11) is 0. The van der Waals surface area contributed by atoms with E-state index in [9.17, 15) is 4.39 Å². The first kappa shape index (κ1) is 11.1. The van der Waals surface area contributed by atoms with Gasteiger partial charge in [0.1, 0.15) is 0 Å². The third kappa shape index (κ3) is 2.39. The van der Waals surface area contributed by atoms with Gasteiger partial charge in [-0.2, -0.15) is 4.39 Å². The normalized spacial score (nSPS) is 18.7. The molecular weight excluding hydrogens is 209 g/mol. The highest BCUT2D eigenvalue weighted by molar-refractivity contribution is 7.11. The molecule has 0 N–H and O–H groups in total. The molecule has 1 heterocycles. The molecule has 0 saturated heterocycles. The number of rotatable bonds is 2. The van der Waals surface area contributed by atoms with Crippen LogP contribution in [0.25, 0.3) is 0 Å². The number of nitrogens with zero attached hydrogens (tertiary/aromatic N) is 1. The van der Waals surface area contributed by atoms with Crippen molar-refractivity contribution >= 4 is 11.3 Å². The maximum Gasteiger partial charge on any atom is 0.227 e. The fraction of sp³-hybridized carbons (Fsp3) is 0.750. The molecule has 0 unspecified atom stereocenters. The lowest BCUT2D eigenvalue weighted by molar-refractivity contribution is 0.438. The van der Waals surface area contributed by atoms with E-state index in [1.54, 1.807) is 11.3 Å². The average Bonchev–Trinajstić information content (AvgIpc) is 2.62. The molecule has 1 nitrogen and oxygen atoms in total. The first-order valence-electron chi connectivity index (χ1n) is 5.84. The number of aromatic nitrogens is 1. The Balaban J connectivity index is 2.17. The smallest absolute Gasteiger partial charge is 0.213 e. The lowest BCUT2D eigenvalue weighted by atomic mass is 9.90. The summed E-state index contributed by atoms with van der Waals surface area (Å²) < 4.78 is 13.5. The van der Waals surface area contributed by atoms with Gasteiger partial charge in [0.2, 0.25) is 5.95 Å². The number of halogens is 1. The van der Waals surface area contributed by atoms with Crippen LogP contribution in [0.3, 0.4) is 0 Å². The van der Waals surface area contributed by atoms with Crippen LogP contribution >= 0.6 is 11.3 Å². The lowest BCUT2D eigenvalue weighted by Crippen LogP contribution is -2.03. The second-order valence-electron chi connectivity index (χ2n) is 4.70. The molecule has 1 saturated carbocycles. The molecule has 15 heavy (non-hydrogen) atoms. The van der Waals surface area contributed by atoms with Gasteiger partial charge < -0.3 is 0 Å². The fourth-order valence-corrected chi connectivity index (χ4v) is 3.33. The van der Waals surface area contributed by atoms with Crippen LogP contribution in [0.1, 0.15) is 67.7 Å². The SMILES string of the molecule is CC(C)c1sc(C2CCCCC2)nc1F. The highest BCUT2D eigenvalue weighted by Crippen LogP contribution is 2.37. The monoisotopic (exact) mass is 227 g/mol. The van der Waals surface area contributed by atoms with E-state index < -0.39 is 0 Å². The van der Waals surface area contributed by atoms with Gasteiger partial charge in [0, 0.05) is 5.92 Å². The Morgan fingerprint density at radius 2 is 1.93 bits per heavy atom. The van der Waals surface area contributed by atoms with Crippen molar-refractivity contribution in [3.8, 4) is 0 Å². The molecule has 0 amide bonds. The van der Waals surface area contributed by atoms with Crippen molar-refractivity contribution in [3.05, 3.63) is 15.8 Å². The third-order valence-electron chi connectivity index (χ3n) is 3.10. The molecule has 0 bridgehead atoms. The van der Waals surface area contributed by atoms with Crippen molar-refractivity contribution in [3.63, 3.8) is 0 Å². The van der Waals surface area contributed by atoms with Crippen LogP contribution in [0.5, 0.6) is 0 Å². The van der Waals surface area contributed by atoms with Crippen LogP contribution < -0.4 is 0 Å². The molecule has 0 radical (unpaired) electrons. The zero-order chi connectivity index (χ0) is 10.8. The molecular formula is C12H18FNS. The predicted octanol–water partition coefficient (Wildman–Crippen LogP) is 4.45. The zero-order valence-corrected chi connectivity index (χ0v) is 10.2. The van der Waals surface area contributed by atoms with Gasteiger partial charge in [0.15, 0.2) is 0 Å². The Morgan fingerprint density at radius 1 is 1.27 bits per heavy atom. The van der Waals surface area contributed by atoms with Crippen LogP contribution in [-0.2, 0) is 0 Å². The van der Waals surface area contributed by atoms with Crippen molar-refractivity contribution in [1.82, 2.24) is 4.98 Å². The Bertz CT molecular complexity index is 326. The molecule has 84 valence electrons. The van der Waals surface area contributed by atoms with Crippen LogP contribution in [-0.4, -0.2) is 4.98 Å². The molecule has 0 aliphatic heterocycles. The Kier molecular flexibility index (Phi) is 3.39. The van der Waals surface area contributed by atoms with Gasteiger partial charge in [-0.05, 0) is 18.8 Å². The topological polar surface area (TPSA) is 12.9 Å². The maximum atomic E-state index is 13.5. The van der Waals surface area contributed by atoms with Crippen molar-refractivity contribution in [2.24, 2.45) is 0 Å². The van der Waals surface area contributed by atoms with Crippen molar-refractivity contribution in [2.75, 3.05) is 0 Å². The quantitative estimate of drug-likeness (QED) is 0.727. The summed E-state index contributed by atoms with van der Waals surface area (Å²) in [6, 6.07) is 0. The summed E-state index contributed by atoms with van der Waals surface area (Å²) in [6.45, 7) is 4.06. The fourth-order valence-electron chi connectivity index (χ4n) is 2.21. The minimum atomic E-state index is -0.226. The molecule has 0 spiro atoms. The van der Waals surface area contributed by atoms with E-state index in [1.807, 2.05) is 13.8 Å². The first-order valence-corrected chi connectivity index (χ1v) is 6.66. The summed E-state index contributed by atoms with van der Waals surface area (Å²) in [5.74, 6) is 0.571. The van der Waals surface area contributed by atoms with E-state index in [-0.39, 0.29) is 11.9 Å². The van der Waals surface area contributed by atoms with E-state index in [0.29, 0.717) is 5.92 Å². The molecule has 1 fully saturated rings. The zero-order valence-electron chi connectivity index (χ0n) is 9.42. The van der Waals surface area contributed by atoms with Crippen LogP contribution in [0, 0.1) is 5.95 Å². The van der Waals surface area contributed by atoms with Gasteiger partial charge in [0.05, 0.1) is 9.88 Å². The molecule has 3 heteroatoms. The molecule has 0 aromatic carbocycles. The maximum absolute atomic E-state index is 13.5. The van der Waals surface area contributed by atoms with Crippen LogP contribution in [0.4, 0.5) is 4.39 Å². The van der Waals surface area contributed by atoms with E-state index >= 15 is 0 Å². The molecule has 1 aromatic heterocycles. The number of thiazole rings is 1. The van der Waals surface area contributed by atoms with Crippen LogP contribution in [0.15, 0.2) is 0 Å². The predicted molar refractivity (Wildman–Crippen MR) is 62.0 cm³/mol. The van der Waals surface area contributed by atoms with Crippen molar-refractivity contribution in [1.29, 1.82) is 0 Å². The van der Waals surface area contributed by atoms with E-state index in [0.717, 1.165) is 9.88 Å². The van der Waals surface area contributed by atoms with Gasteiger partial charge >= 0.3 is 0 Å². The minimum absolute atomic E-state index is 0.226. The summed E-state index contributed by atoms with van der Waals surface area (Å²) in [6.07, 6.45) is 6.29. The van der Waals surface area contributed by atoms with Crippen molar-refractivity contribution in [2.45, 2.75) is 57.8 Å². The summed E-state index contributed by atoms with van der Waals surface area (Å²) in [5, 5.41) is 1.04. The van der Waals surface area contributed by atoms with Crippen molar-refractivity contribution < 1.29 is 4.39 Å². The van der Waals surface area contributed by atoms with E-state index in [1.165, 1.54) is 32.1 Å². The van der Waals surface area contributed by atoms with E-state index in [4.69, 9.17) is 0 Å². The van der Waals surface area contributed by atoms with E-state index in [2.05, 4.69) is 4.98 Å². The lowest BCUT2D eigenvalue weighted by Gasteiger charge is -2.18. The Labute approximate surface area is 94.7 Å². The molecule has 2 rings (SSSR count). The standard InChI is InChI=1S/C12H18FNS/c1-8(2)10-11(13)14-12(15-10)9-6-4-3-5-7-9/h8-9H,3-7H2,1-2H3. The Morgan fingerprint density at radius 3 is 2.47 bits per heavy atom. The van der Waals surface area contributed by atoms with Crippen LogP contribution in [0.2, 0.25) is 0 Å². The third-order valence-corrected chi connectivity index (χ3v) is 4.60. The second kappa shape index (κ2) is 4.60. The average molecular weight is 227 g/mol. The van der Waals surface area contributed by atoms with Gasteiger partial charge in [-0.1, -0.05) is 33.1 Å². The van der Waals surface area contributed by atoms with Gasteiger partial charge in [0.25, 0.3) is 0 Å². The number of hydrogen-bond donors (Lipinski definition) is 0. The second-order valence-corrected chi connectivity index (χ2v) is 5.76. The summed E-state index contributed by atoms with van der Waals surface area (Å²) >= 11 is 1.59. The Hall–Kier alpha value is -0.440. The van der Waals surface area contributed by atoms with Gasteiger partial charge in [-0.15, -0.1) is 11.3 Å². The summed E-state index contributed by atoms with van der Waals surface area (Å²) in [5.41, 5.74) is 0. The minimum Gasteiger partial charge on any atom is -0.213 e. The molecule has 1 aliphatic carbocycles.